The van der Waals surface area contributed by atoms with Crippen LogP contribution in [0.5, 0.6) is 0 Å². The highest BCUT2D eigenvalue weighted by Gasteiger charge is 2.22. The molecule has 0 unspecified atom stereocenters. The van der Waals surface area contributed by atoms with Gasteiger partial charge in [-0.15, -0.1) is 23.1 Å². The Morgan fingerprint density at radius 2 is 1.90 bits per heavy atom. The number of piperazine rings is 1. The van der Waals surface area contributed by atoms with Crippen molar-refractivity contribution in [3.8, 4) is 0 Å². The Labute approximate surface area is 188 Å². The minimum Gasteiger partial charge on any atom is -0.368 e. The predicted molar refractivity (Wildman–Crippen MR) is 126 cm³/mol. The lowest BCUT2D eigenvalue weighted by atomic mass is 9.97. The number of rotatable bonds is 5. The first kappa shape index (κ1) is 20.5. The van der Waals surface area contributed by atoms with Gasteiger partial charge in [-0.25, -0.2) is 4.98 Å². The normalized spacial score (nSPS) is 16.5. The molecule has 9 heteroatoms. The van der Waals surface area contributed by atoms with Gasteiger partial charge in [0.2, 0.25) is 5.91 Å². The smallest absolute Gasteiger partial charge is 0.259 e. The van der Waals surface area contributed by atoms with Gasteiger partial charge in [0.25, 0.3) is 5.56 Å². The molecule has 0 atom stereocenters. The molecule has 0 bridgehead atoms. The van der Waals surface area contributed by atoms with Gasteiger partial charge < -0.3 is 14.8 Å². The molecule has 0 radical (unpaired) electrons. The lowest BCUT2D eigenvalue weighted by Gasteiger charge is -2.36. The number of nitrogens with one attached hydrogen (secondary N) is 1. The fourth-order valence-corrected chi connectivity index (χ4v) is 6.44. The number of carbonyl (C=O) groups excluding carboxylic acids is 1. The third-order valence-corrected chi connectivity index (χ3v) is 8.11. The average molecular weight is 456 g/mol. The molecule has 1 aliphatic carbocycles. The third kappa shape index (κ3) is 4.34. The number of nitrogens with zero attached hydrogens (tertiary/aromatic N) is 4. The lowest BCUT2D eigenvalue weighted by molar-refractivity contribution is -0.128. The summed E-state index contributed by atoms with van der Waals surface area (Å²) in [5.41, 5.74) is 2.33. The van der Waals surface area contributed by atoms with Crippen LogP contribution in [0.25, 0.3) is 10.2 Å². The fourth-order valence-electron chi connectivity index (χ4n) is 4.37. The number of hydrogen-bond donors (Lipinski definition) is 1. The topological polar surface area (TPSA) is 82.2 Å². The van der Waals surface area contributed by atoms with E-state index >= 15 is 0 Å². The zero-order chi connectivity index (χ0) is 21.2. The molecule has 0 saturated carbocycles. The summed E-state index contributed by atoms with van der Waals surface area (Å²) in [5.74, 6) is 1.75. The molecule has 3 aromatic rings. The van der Waals surface area contributed by atoms with Crippen molar-refractivity contribution in [1.29, 1.82) is 0 Å². The number of aromatic nitrogens is 3. The summed E-state index contributed by atoms with van der Waals surface area (Å²) in [6.45, 7) is 3.11. The number of fused-ring (bicyclic) bond motifs is 3. The Balaban J connectivity index is 1.16. The van der Waals surface area contributed by atoms with Crippen molar-refractivity contribution in [2.75, 3.05) is 36.8 Å². The number of hydrogen-bond acceptors (Lipinski definition) is 7. The molecule has 5 rings (SSSR count). The second-order valence-corrected chi connectivity index (χ2v) is 10.0. The van der Waals surface area contributed by atoms with Gasteiger partial charge in [0.15, 0.2) is 0 Å². The van der Waals surface area contributed by atoms with Crippen molar-refractivity contribution < 1.29 is 4.79 Å². The maximum Gasteiger partial charge on any atom is 0.259 e. The Bertz CT molecular complexity index is 1140. The van der Waals surface area contributed by atoms with E-state index in [1.54, 1.807) is 23.7 Å². The molecule has 0 spiro atoms. The average Bonchev–Trinajstić information content (AvgIpc) is 3.18. The summed E-state index contributed by atoms with van der Waals surface area (Å²) >= 11 is 3.18. The van der Waals surface area contributed by atoms with Crippen LogP contribution in [0.1, 0.15) is 29.1 Å². The van der Waals surface area contributed by atoms with Gasteiger partial charge in [0.05, 0.1) is 16.9 Å². The van der Waals surface area contributed by atoms with Crippen molar-refractivity contribution in [1.82, 2.24) is 19.9 Å². The highest BCUT2D eigenvalue weighted by Crippen LogP contribution is 2.33. The first-order valence-corrected chi connectivity index (χ1v) is 12.7. The standard InChI is InChI=1S/C22H25N5O2S2/c28-19(27-11-9-26(10-12-27)15-5-7-23-8-6-15)14-30-13-18-24-21(29)20-16-3-1-2-4-17(16)31-22(20)25-18/h5-8H,1-4,9-14H2,(H,24,25,29). The Kier molecular flexibility index (Phi) is 5.95. The first-order valence-electron chi connectivity index (χ1n) is 10.7. The number of H-pyrrole nitrogens is 1. The molecule has 1 aliphatic heterocycles. The van der Waals surface area contributed by atoms with E-state index in [-0.39, 0.29) is 11.5 Å². The summed E-state index contributed by atoms with van der Waals surface area (Å²) < 4.78 is 0. The molecular weight excluding hydrogens is 430 g/mol. The fraction of sp³-hybridized carbons (Fsp3) is 0.455. The molecule has 1 amide bonds. The minimum absolute atomic E-state index is 0.0291. The van der Waals surface area contributed by atoms with Crippen LogP contribution in [0, 0.1) is 0 Å². The summed E-state index contributed by atoms with van der Waals surface area (Å²) in [5, 5.41) is 0.789. The van der Waals surface area contributed by atoms with E-state index in [4.69, 9.17) is 4.98 Å². The van der Waals surface area contributed by atoms with Crippen molar-refractivity contribution in [2.24, 2.45) is 0 Å². The van der Waals surface area contributed by atoms with Gasteiger partial charge in [-0.3, -0.25) is 14.6 Å². The molecule has 0 aromatic carbocycles. The van der Waals surface area contributed by atoms with Crippen LogP contribution in [0.2, 0.25) is 0 Å². The number of thioether (sulfide) groups is 1. The SMILES string of the molecule is O=C(CSCc1nc2sc3c(c2c(=O)[nH]1)CCCC3)N1CCN(c2ccncc2)CC1. The Morgan fingerprint density at radius 3 is 2.71 bits per heavy atom. The van der Waals surface area contributed by atoms with Crippen LogP contribution >= 0.6 is 23.1 Å². The number of aromatic amines is 1. The van der Waals surface area contributed by atoms with Crippen LogP contribution in [-0.4, -0.2) is 57.7 Å². The van der Waals surface area contributed by atoms with E-state index < -0.39 is 0 Å². The number of amides is 1. The molecule has 1 saturated heterocycles. The van der Waals surface area contributed by atoms with E-state index in [1.165, 1.54) is 28.6 Å². The van der Waals surface area contributed by atoms with Gasteiger partial charge in [0.1, 0.15) is 10.7 Å². The molecule has 1 fully saturated rings. The zero-order valence-corrected chi connectivity index (χ0v) is 18.9. The van der Waals surface area contributed by atoms with E-state index in [1.807, 2.05) is 17.0 Å². The maximum atomic E-state index is 12.6. The molecule has 1 N–H and O–H groups in total. The van der Waals surface area contributed by atoms with E-state index in [2.05, 4.69) is 14.9 Å². The molecule has 31 heavy (non-hydrogen) atoms. The third-order valence-electron chi connectivity index (χ3n) is 6.00. The number of aryl methyl sites for hydroxylation is 2. The van der Waals surface area contributed by atoms with E-state index in [0.717, 1.165) is 61.3 Å². The van der Waals surface area contributed by atoms with Crippen molar-refractivity contribution in [2.45, 2.75) is 31.4 Å². The van der Waals surface area contributed by atoms with Crippen molar-refractivity contribution in [3.05, 3.63) is 51.1 Å². The van der Waals surface area contributed by atoms with Crippen LogP contribution in [0.3, 0.4) is 0 Å². The molecule has 3 aromatic heterocycles. The largest absolute Gasteiger partial charge is 0.368 e. The second kappa shape index (κ2) is 9.00. The van der Waals surface area contributed by atoms with Gasteiger partial charge in [-0.1, -0.05) is 0 Å². The molecule has 162 valence electrons. The second-order valence-electron chi connectivity index (χ2n) is 7.97. The molecular formula is C22H25N5O2S2. The van der Waals surface area contributed by atoms with E-state index in [9.17, 15) is 9.59 Å². The highest BCUT2D eigenvalue weighted by atomic mass is 32.2. The van der Waals surface area contributed by atoms with Crippen molar-refractivity contribution in [3.63, 3.8) is 0 Å². The van der Waals surface area contributed by atoms with Crippen LogP contribution < -0.4 is 10.5 Å². The summed E-state index contributed by atoms with van der Waals surface area (Å²) in [6, 6.07) is 4.00. The van der Waals surface area contributed by atoms with Gasteiger partial charge >= 0.3 is 0 Å². The van der Waals surface area contributed by atoms with Gasteiger partial charge in [-0.2, -0.15) is 0 Å². The maximum absolute atomic E-state index is 12.6. The molecule has 4 heterocycles. The van der Waals surface area contributed by atoms with Gasteiger partial charge in [0, 0.05) is 49.1 Å². The number of carbonyl (C=O) groups is 1. The lowest BCUT2D eigenvalue weighted by Crippen LogP contribution is -2.49. The minimum atomic E-state index is -0.0291. The quantitative estimate of drug-likeness (QED) is 0.637. The molecule has 2 aliphatic rings. The highest BCUT2D eigenvalue weighted by molar-refractivity contribution is 7.99. The summed E-state index contributed by atoms with van der Waals surface area (Å²) in [6.07, 6.45) is 7.98. The predicted octanol–water partition coefficient (Wildman–Crippen LogP) is 2.84. The van der Waals surface area contributed by atoms with Crippen molar-refractivity contribution >= 4 is 44.9 Å². The van der Waals surface area contributed by atoms with Crippen LogP contribution in [-0.2, 0) is 23.4 Å². The zero-order valence-electron chi connectivity index (χ0n) is 17.3. The first-order chi connectivity index (χ1) is 15.2. The van der Waals surface area contributed by atoms with Crippen LogP contribution in [0.15, 0.2) is 29.3 Å². The summed E-state index contributed by atoms with van der Waals surface area (Å²) in [7, 11) is 0. The van der Waals surface area contributed by atoms with Gasteiger partial charge in [-0.05, 0) is 43.4 Å². The monoisotopic (exact) mass is 455 g/mol. The Morgan fingerprint density at radius 1 is 1.13 bits per heavy atom. The van der Waals surface area contributed by atoms with E-state index in [0.29, 0.717) is 17.3 Å². The number of pyridine rings is 1. The summed E-state index contributed by atoms with van der Waals surface area (Å²) in [4.78, 5) is 43.4. The molecule has 7 nitrogen and oxygen atoms in total. The number of thiophene rings is 1. The Hall–Kier alpha value is -2.39. The van der Waals surface area contributed by atoms with Crippen LogP contribution in [0.4, 0.5) is 5.69 Å². The number of anilines is 1.